The number of rotatable bonds is 3. The van der Waals surface area contributed by atoms with Crippen LogP contribution in [0.2, 0.25) is 0 Å². The summed E-state index contributed by atoms with van der Waals surface area (Å²) < 4.78 is 37.3. The highest BCUT2D eigenvalue weighted by Gasteiger charge is 2.38. The van der Waals surface area contributed by atoms with Crippen LogP contribution >= 0.6 is 0 Å². The van der Waals surface area contributed by atoms with Crippen LogP contribution in [0.1, 0.15) is 17.3 Å². The highest BCUT2D eigenvalue weighted by atomic mass is 19.4. The summed E-state index contributed by atoms with van der Waals surface area (Å²) in [6, 6.07) is 10.7. The Kier molecular flexibility index (Phi) is 6.01. The van der Waals surface area contributed by atoms with Crippen LogP contribution in [0.5, 0.6) is 0 Å². The standard InChI is InChI=1S/C15H11N3O2.C2HF3O2/c1-10(19)11-4-6-12(7-5-11)14-17-18-15(20-14)13-3-2-8-16-9-13;3-2(4,5)1(6)7/h2-9H,1H3;(H,6,7). The number of pyridine rings is 1. The first-order valence-corrected chi connectivity index (χ1v) is 7.34. The first-order valence-electron chi connectivity index (χ1n) is 7.34. The number of halogens is 3. The largest absolute Gasteiger partial charge is 0.490 e. The average molecular weight is 379 g/mol. The Morgan fingerprint density at radius 2 is 1.56 bits per heavy atom. The van der Waals surface area contributed by atoms with Gasteiger partial charge < -0.3 is 9.52 Å². The van der Waals surface area contributed by atoms with E-state index < -0.39 is 12.1 Å². The molecule has 0 saturated heterocycles. The number of alkyl halides is 3. The summed E-state index contributed by atoms with van der Waals surface area (Å²) in [7, 11) is 0. The lowest BCUT2D eigenvalue weighted by molar-refractivity contribution is -0.192. The van der Waals surface area contributed by atoms with Crippen LogP contribution in [-0.4, -0.2) is 38.2 Å². The fraction of sp³-hybridized carbons (Fsp3) is 0.118. The number of aromatic nitrogens is 3. The van der Waals surface area contributed by atoms with Gasteiger partial charge in [0.15, 0.2) is 5.78 Å². The quantitative estimate of drug-likeness (QED) is 0.693. The average Bonchev–Trinajstić information content (AvgIpc) is 3.12. The molecule has 3 rings (SSSR count). The Bertz CT molecular complexity index is 923. The molecule has 1 N–H and O–H groups in total. The minimum atomic E-state index is -5.08. The number of benzene rings is 1. The molecule has 0 aliphatic heterocycles. The molecule has 3 aromatic rings. The molecule has 0 unspecified atom stereocenters. The van der Waals surface area contributed by atoms with Gasteiger partial charge in [0.05, 0.1) is 5.56 Å². The van der Waals surface area contributed by atoms with Crippen LogP contribution in [0.25, 0.3) is 22.9 Å². The number of nitrogens with zero attached hydrogens (tertiary/aromatic N) is 3. The molecule has 0 atom stereocenters. The second kappa shape index (κ2) is 8.21. The third kappa shape index (κ3) is 5.46. The number of hydrogen-bond donors (Lipinski definition) is 1. The number of aliphatic carboxylic acids is 1. The normalized spacial score (nSPS) is 10.7. The lowest BCUT2D eigenvalue weighted by Gasteiger charge is -1.97. The molecule has 140 valence electrons. The molecule has 0 spiro atoms. The van der Waals surface area contributed by atoms with E-state index in [0.29, 0.717) is 17.3 Å². The summed E-state index contributed by atoms with van der Waals surface area (Å²) in [6.45, 7) is 1.53. The predicted octanol–water partition coefficient (Wildman–Crippen LogP) is 3.63. The van der Waals surface area contributed by atoms with Gasteiger partial charge in [-0.3, -0.25) is 9.78 Å². The third-order valence-corrected chi connectivity index (χ3v) is 3.11. The maximum absolute atomic E-state index is 11.2. The van der Waals surface area contributed by atoms with Crippen LogP contribution in [0, 0.1) is 0 Å². The Balaban J connectivity index is 0.000000321. The van der Waals surface area contributed by atoms with E-state index in [-0.39, 0.29) is 5.78 Å². The fourth-order valence-corrected chi connectivity index (χ4v) is 1.79. The zero-order valence-electron chi connectivity index (χ0n) is 13.8. The van der Waals surface area contributed by atoms with Crippen molar-refractivity contribution in [2.24, 2.45) is 0 Å². The second-order valence-corrected chi connectivity index (χ2v) is 5.09. The summed E-state index contributed by atoms with van der Waals surface area (Å²) in [5.41, 5.74) is 2.20. The van der Waals surface area contributed by atoms with E-state index >= 15 is 0 Å². The van der Waals surface area contributed by atoms with Crippen molar-refractivity contribution in [3.63, 3.8) is 0 Å². The predicted molar refractivity (Wildman–Crippen MR) is 86.7 cm³/mol. The molecule has 7 nitrogen and oxygen atoms in total. The first kappa shape index (κ1) is 19.8. The van der Waals surface area contributed by atoms with E-state index in [1.807, 2.05) is 6.07 Å². The van der Waals surface area contributed by atoms with Crippen molar-refractivity contribution in [1.29, 1.82) is 0 Å². The molecule has 0 radical (unpaired) electrons. The number of carboxylic acids is 1. The van der Waals surface area contributed by atoms with Gasteiger partial charge in [-0.2, -0.15) is 13.2 Å². The van der Waals surface area contributed by atoms with E-state index in [0.717, 1.165) is 11.1 Å². The number of carboxylic acid groups (broad SMARTS) is 1. The number of ketones is 1. The molecule has 10 heteroatoms. The van der Waals surface area contributed by atoms with Crippen LogP contribution < -0.4 is 0 Å². The van der Waals surface area contributed by atoms with Crippen LogP contribution in [0.4, 0.5) is 13.2 Å². The van der Waals surface area contributed by atoms with Crippen molar-refractivity contribution in [3.05, 3.63) is 54.4 Å². The smallest absolute Gasteiger partial charge is 0.475 e. The fourth-order valence-electron chi connectivity index (χ4n) is 1.79. The van der Waals surface area contributed by atoms with Crippen molar-refractivity contribution in [1.82, 2.24) is 15.2 Å². The molecule has 0 aliphatic rings. The van der Waals surface area contributed by atoms with E-state index in [1.54, 1.807) is 42.7 Å². The van der Waals surface area contributed by atoms with Crippen LogP contribution in [0.15, 0.2) is 53.2 Å². The van der Waals surface area contributed by atoms with E-state index in [4.69, 9.17) is 14.3 Å². The lowest BCUT2D eigenvalue weighted by Crippen LogP contribution is -2.21. The summed E-state index contributed by atoms with van der Waals surface area (Å²) in [5, 5.41) is 15.1. The monoisotopic (exact) mass is 379 g/mol. The number of carbonyl (C=O) groups is 2. The van der Waals surface area contributed by atoms with Crippen molar-refractivity contribution in [3.8, 4) is 22.9 Å². The molecule has 0 amide bonds. The van der Waals surface area contributed by atoms with Crippen molar-refractivity contribution >= 4 is 11.8 Å². The minimum Gasteiger partial charge on any atom is -0.475 e. The maximum atomic E-state index is 11.2. The zero-order chi connectivity index (χ0) is 20.0. The van der Waals surface area contributed by atoms with Crippen LogP contribution in [0.3, 0.4) is 0 Å². The Morgan fingerprint density at radius 1 is 1.00 bits per heavy atom. The Labute approximate surface area is 150 Å². The molecule has 2 heterocycles. The highest BCUT2D eigenvalue weighted by Crippen LogP contribution is 2.23. The maximum Gasteiger partial charge on any atom is 0.490 e. The van der Waals surface area contributed by atoms with Gasteiger partial charge in [-0.05, 0) is 31.2 Å². The molecule has 0 saturated carbocycles. The summed E-state index contributed by atoms with van der Waals surface area (Å²) in [5.74, 6) is -1.90. The van der Waals surface area contributed by atoms with Crippen molar-refractivity contribution in [2.75, 3.05) is 0 Å². The van der Waals surface area contributed by atoms with Gasteiger partial charge in [-0.15, -0.1) is 10.2 Å². The molecule has 1 aromatic carbocycles. The van der Waals surface area contributed by atoms with Gasteiger partial charge in [0.25, 0.3) is 0 Å². The molecule has 0 fully saturated rings. The highest BCUT2D eigenvalue weighted by molar-refractivity contribution is 5.94. The van der Waals surface area contributed by atoms with Crippen molar-refractivity contribution < 1.29 is 32.3 Å². The van der Waals surface area contributed by atoms with Crippen LogP contribution in [-0.2, 0) is 4.79 Å². The Morgan fingerprint density at radius 3 is 2.00 bits per heavy atom. The molecular formula is C17H12F3N3O4. The van der Waals surface area contributed by atoms with Gasteiger partial charge in [-0.25, -0.2) is 4.79 Å². The summed E-state index contributed by atoms with van der Waals surface area (Å²) in [6.07, 6.45) is -1.74. The Hall–Kier alpha value is -3.56. The minimum absolute atomic E-state index is 0.0260. The topological polar surface area (TPSA) is 106 Å². The third-order valence-electron chi connectivity index (χ3n) is 3.11. The first-order chi connectivity index (χ1) is 12.7. The van der Waals surface area contributed by atoms with Gasteiger partial charge in [-0.1, -0.05) is 12.1 Å². The second-order valence-electron chi connectivity index (χ2n) is 5.09. The number of hydrogen-bond acceptors (Lipinski definition) is 6. The van der Waals surface area contributed by atoms with E-state index in [9.17, 15) is 18.0 Å². The number of carbonyl (C=O) groups excluding carboxylic acids is 1. The summed E-state index contributed by atoms with van der Waals surface area (Å²) in [4.78, 5) is 24.1. The SMILES string of the molecule is CC(=O)c1ccc(-c2nnc(-c3cccnc3)o2)cc1.O=C(O)C(F)(F)F. The zero-order valence-corrected chi connectivity index (χ0v) is 13.8. The van der Waals surface area contributed by atoms with Gasteiger partial charge >= 0.3 is 12.1 Å². The molecule has 2 aromatic heterocycles. The van der Waals surface area contributed by atoms with Gasteiger partial charge in [0, 0.05) is 23.5 Å². The van der Waals surface area contributed by atoms with Crippen molar-refractivity contribution in [2.45, 2.75) is 13.1 Å². The molecule has 0 aliphatic carbocycles. The lowest BCUT2D eigenvalue weighted by atomic mass is 10.1. The van der Waals surface area contributed by atoms with Gasteiger partial charge in [0.1, 0.15) is 0 Å². The summed E-state index contributed by atoms with van der Waals surface area (Å²) >= 11 is 0. The molecule has 27 heavy (non-hydrogen) atoms. The van der Waals surface area contributed by atoms with Gasteiger partial charge in [0.2, 0.25) is 11.8 Å². The van der Waals surface area contributed by atoms with E-state index in [2.05, 4.69) is 15.2 Å². The van der Waals surface area contributed by atoms with E-state index in [1.165, 1.54) is 6.92 Å². The number of Topliss-reactive ketones (excluding diaryl/α,β-unsaturated/α-hetero) is 1. The molecule has 0 bridgehead atoms. The molecular weight excluding hydrogens is 367 g/mol.